The Morgan fingerprint density at radius 3 is 2.73 bits per heavy atom. The molecule has 0 saturated heterocycles. The Morgan fingerprint density at radius 1 is 1.41 bits per heavy atom. The van der Waals surface area contributed by atoms with E-state index in [1.165, 1.54) is 0 Å². The Balaban J connectivity index is 1.64. The zero-order chi connectivity index (χ0) is 15.7. The molecule has 1 aromatic heterocycles. The average Bonchev–Trinajstić information content (AvgIpc) is 2.83. The van der Waals surface area contributed by atoms with Crippen LogP contribution in [0.5, 0.6) is 0 Å². The molecule has 0 bridgehead atoms. The number of rotatable bonds is 3. The van der Waals surface area contributed by atoms with Gasteiger partial charge in [0.05, 0.1) is 23.6 Å². The summed E-state index contributed by atoms with van der Waals surface area (Å²) in [5, 5.41) is 19.4. The Kier molecular flexibility index (Phi) is 2.92. The summed E-state index contributed by atoms with van der Waals surface area (Å²) in [6.07, 6.45) is 4.13. The lowest BCUT2D eigenvalue weighted by molar-refractivity contribution is 0.103. The molecule has 8 heteroatoms. The first-order valence-electron chi connectivity index (χ1n) is 7.12. The molecule has 2 aliphatic carbocycles. The zero-order valence-corrected chi connectivity index (χ0v) is 13.4. The fourth-order valence-corrected chi connectivity index (χ4v) is 5.08. The minimum Gasteiger partial charge on any atom is -0.385 e. The first kappa shape index (κ1) is 14.4. The van der Waals surface area contributed by atoms with Crippen LogP contribution in [0, 0.1) is 11.8 Å². The van der Waals surface area contributed by atoms with Crippen LogP contribution in [0.1, 0.15) is 18.4 Å². The predicted octanol–water partition coefficient (Wildman–Crippen LogP) is 1.36. The number of nitrogens with zero attached hydrogens (tertiary/aromatic N) is 1. The van der Waals surface area contributed by atoms with Crippen molar-refractivity contribution in [1.29, 1.82) is 0 Å². The van der Waals surface area contributed by atoms with E-state index in [0.29, 0.717) is 17.9 Å². The molecule has 0 unspecified atom stereocenters. The van der Waals surface area contributed by atoms with E-state index in [4.69, 9.17) is 11.6 Å². The molecule has 2 fully saturated rings. The lowest BCUT2D eigenvalue weighted by Crippen LogP contribution is -2.35. The van der Waals surface area contributed by atoms with Crippen molar-refractivity contribution in [3.8, 4) is 0 Å². The molecule has 1 aromatic carbocycles. The van der Waals surface area contributed by atoms with Gasteiger partial charge >= 0.3 is 0 Å². The number of sulfonamides is 1. The van der Waals surface area contributed by atoms with Crippen LogP contribution in [-0.4, -0.2) is 36.0 Å². The lowest BCUT2D eigenvalue weighted by atomic mass is 9.95. The molecule has 0 radical (unpaired) electrons. The molecule has 2 saturated carbocycles. The molecule has 4 atom stereocenters. The molecule has 0 spiro atoms. The highest BCUT2D eigenvalue weighted by Gasteiger charge is 2.69. The fourth-order valence-electron chi connectivity index (χ4n) is 4.06. The predicted molar refractivity (Wildman–Crippen MR) is 83.0 cm³/mol. The lowest BCUT2D eigenvalue weighted by Gasteiger charge is -2.21. The topological polar surface area (TPSA) is 95.1 Å². The number of hydrogen-bond acceptors (Lipinski definition) is 4. The number of H-pyrrole nitrogens is 1. The SMILES string of the molecule is CS(=O)(=O)N[C@H]1C[C@@H]2[C@H](C1)[C@@]2(O)c1cc(Cl)cc2[nH]ncc12. The van der Waals surface area contributed by atoms with Gasteiger partial charge in [-0.25, -0.2) is 13.1 Å². The minimum absolute atomic E-state index is 0.0586. The molecular formula is C14H16ClN3O3S. The van der Waals surface area contributed by atoms with E-state index in [1.807, 2.05) is 0 Å². The first-order valence-corrected chi connectivity index (χ1v) is 9.39. The summed E-state index contributed by atoms with van der Waals surface area (Å²) < 4.78 is 25.3. The van der Waals surface area contributed by atoms with Crippen molar-refractivity contribution in [2.24, 2.45) is 11.8 Å². The van der Waals surface area contributed by atoms with Crippen molar-refractivity contribution >= 4 is 32.5 Å². The molecule has 1 heterocycles. The van der Waals surface area contributed by atoms with E-state index in [9.17, 15) is 13.5 Å². The summed E-state index contributed by atoms with van der Waals surface area (Å²) in [5.74, 6) is 0.117. The van der Waals surface area contributed by atoms with Crippen molar-refractivity contribution in [3.05, 3.63) is 28.9 Å². The van der Waals surface area contributed by atoms with Gasteiger partial charge in [-0.2, -0.15) is 5.10 Å². The van der Waals surface area contributed by atoms with Gasteiger partial charge in [0.2, 0.25) is 10.0 Å². The normalized spacial score (nSPS) is 34.0. The molecular weight excluding hydrogens is 326 g/mol. The first-order chi connectivity index (χ1) is 10.3. The molecule has 2 aliphatic rings. The van der Waals surface area contributed by atoms with E-state index in [1.54, 1.807) is 18.3 Å². The largest absolute Gasteiger partial charge is 0.385 e. The number of benzene rings is 1. The maximum absolute atomic E-state index is 11.3. The maximum Gasteiger partial charge on any atom is 0.208 e. The smallest absolute Gasteiger partial charge is 0.208 e. The van der Waals surface area contributed by atoms with Crippen molar-refractivity contribution in [2.45, 2.75) is 24.5 Å². The number of hydrogen-bond donors (Lipinski definition) is 3. The van der Waals surface area contributed by atoms with Crippen LogP contribution in [0.3, 0.4) is 0 Å². The van der Waals surface area contributed by atoms with E-state index in [2.05, 4.69) is 14.9 Å². The molecule has 118 valence electrons. The summed E-state index contributed by atoms with van der Waals surface area (Å²) in [4.78, 5) is 0. The zero-order valence-electron chi connectivity index (χ0n) is 11.9. The third-order valence-electron chi connectivity index (χ3n) is 4.92. The summed E-state index contributed by atoms with van der Waals surface area (Å²) in [6.45, 7) is 0. The van der Waals surface area contributed by atoms with Crippen LogP contribution >= 0.6 is 11.6 Å². The van der Waals surface area contributed by atoms with E-state index in [-0.39, 0.29) is 17.9 Å². The van der Waals surface area contributed by atoms with Crippen molar-refractivity contribution in [1.82, 2.24) is 14.9 Å². The molecule has 22 heavy (non-hydrogen) atoms. The van der Waals surface area contributed by atoms with Gasteiger partial charge in [0.25, 0.3) is 0 Å². The van der Waals surface area contributed by atoms with Crippen LogP contribution in [-0.2, 0) is 15.6 Å². The number of aromatic nitrogens is 2. The van der Waals surface area contributed by atoms with Crippen LogP contribution in [0.2, 0.25) is 5.02 Å². The third-order valence-corrected chi connectivity index (χ3v) is 5.90. The Hall–Kier alpha value is -1.15. The van der Waals surface area contributed by atoms with E-state index in [0.717, 1.165) is 22.7 Å². The average molecular weight is 342 g/mol. The Bertz CT molecular complexity index is 851. The van der Waals surface area contributed by atoms with Gasteiger partial charge in [-0.05, 0) is 42.4 Å². The van der Waals surface area contributed by atoms with Crippen LogP contribution in [0.25, 0.3) is 10.9 Å². The molecule has 3 N–H and O–H groups in total. The number of halogens is 1. The highest BCUT2D eigenvalue weighted by atomic mass is 35.5. The van der Waals surface area contributed by atoms with Gasteiger partial charge in [0, 0.05) is 16.5 Å². The minimum atomic E-state index is -3.21. The standard InChI is InChI=1S/C14H16ClN3O3S/c1-22(20,21)18-8-4-11-12(5-8)14(11,19)10-2-7(15)3-13-9(10)6-16-17-13/h2-3,6,8,11-12,18-19H,4-5H2,1H3,(H,16,17)/t8-,11+,12-,14+. The van der Waals surface area contributed by atoms with Gasteiger partial charge in [-0.15, -0.1) is 0 Å². The highest BCUT2D eigenvalue weighted by Crippen LogP contribution is 2.67. The van der Waals surface area contributed by atoms with Crippen molar-refractivity contribution < 1.29 is 13.5 Å². The summed E-state index contributed by atoms with van der Waals surface area (Å²) >= 11 is 6.14. The number of aromatic amines is 1. The summed E-state index contributed by atoms with van der Waals surface area (Å²) in [5.41, 5.74) is 0.658. The molecule has 2 aromatic rings. The number of aliphatic hydroxyl groups is 1. The van der Waals surface area contributed by atoms with Gasteiger partial charge in [-0.3, -0.25) is 5.10 Å². The summed E-state index contributed by atoms with van der Waals surface area (Å²) in [6, 6.07) is 3.48. The second-order valence-corrected chi connectivity index (χ2v) is 8.60. The molecule has 0 amide bonds. The van der Waals surface area contributed by atoms with Crippen molar-refractivity contribution in [3.63, 3.8) is 0 Å². The maximum atomic E-state index is 11.3. The van der Waals surface area contributed by atoms with E-state index < -0.39 is 15.6 Å². The van der Waals surface area contributed by atoms with E-state index >= 15 is 0 Å². The Labute approximate surface area is 132 Å². The molecule has 4 rings (SSSR count). The van der Waals surface area contributed by atoms with Gasteiger partial charge in [0.1, 0.15) is 0 Å². The number of fused-ring (bicyclic) bond motifs is 2. The third kappa shape index (κ3) is 2.07. The number of nitrogens with one attached hydrogen (secondary N) is 2. The van der Waals surface area contributed by atoms with Crippen LogP contribution in [0.15, 0.2) is 18.3 Å². The van der Waals surface area contributed by atoms with Crippen LogP contribution in [0.4, 0.5) is 0 Å². The van der Waals surface area contributed by atoms with Gasteiger partial charge in [-0.1, -0.05) is 11.6 Å². The summed E-state index contributed by atoms with van der Waals surface area (Å²) in [7, 11) is -3.21. The second-order valence-electron chi connectivity index (χ2n) is 6.38. The van der Waals surface area contributed by atoms with Gasteiger partial charge in [0.15, 0.2) is 0 Å². The fraction of sp³-hybridized carbons (Fsp3) is 0.500. The van der Waals surface area contributed by atoms with Crippen molar-refractivity contribution in [2.75, 3.05) is 6.26 Å². The molecule has 0 aliphatic heterocycles. The highest BCUT2D eigenvalue weighted by molar-refractivity contribution is 7.88. The van der Waals surface area contributed by atoms with Crippen LogP contribution < -0.4 is 4.72 Å². The Morgan fingerprint density at radius 2 is 2.09 bits per heavy atom. The monoisotopic (exact) mass is 341 g/mol. The second kappa shape index (κ2) is 4.44. The van der Waals surface area contributed by atoms with Gasteiger partial charge < -0.3 is 5.11 Å². The quantitative estimate of drug-likeness (QED) is 0.785. The molecule has 6 nitrogen and oxygen atoms in total.